The third kappa shape index (κ3) is 6.53. The van der Waals surface area contributed by atoms with Crippen LogP contribution in [0.1, 0.15) is 32.0 Å². The monoisotopic (exact) mass is 519 g/mol. The fraction of sp³-hybridized carbons (Fsp3) is 0.429. The highest BCUT2D eigenvalue weighted by atomic mass is 28.3. The summed E-state index contributed by atoms with van der Waals surface area (Å²) in [6.07, 6.45) is 6.11. The summed E-state index contributed by atoms with van der Waals surface area (Å²) in [4.78, 5) is 14.1. The standard InChI is InChI=1S/C28H37N5O3Si/c1-28(2,3)37(6,7)11-10-36-19-33-18-21(16-30-33)26-17-29-25-9-8-22(31-27(25)32-26)12-20-13-23(34-4)15-24(14-20)35-5/h8-9,13-18H,10-12,19H2,1-7H3. The van der Waals surface area contributed by atoms with Crippen LogP contribution in [0, 0.1) is 0 Å². The number of pyridine rings is 1. The summed E-state index contributed by atoms with van der Waals surface area (Å²) in [6, 6.07) is 10.9. The summed E-state index contributed by atoms with van der Waals surface area (Å²) in [6.45, 7) is 13.0. The van der Waals surface area contributed by atoms with Crippen LogP contribution in [-0.4, -0.2) is 53.6 Å². The first-order valence-electron chi connectivity index (χ1n) is 12.5. The Morgan fingerprint density at radius 2 is 1.68 bits per heavy atom. The van der Waals surface area contributed by atoms with E-state index in [1.54, 1.807) is 31.3 Å². The van der Waals surface area contributed by atoms with Gasteiger partial charge in [0, 0.05) is 36.5 Å². The van der Waals surface area contributed by atoms with Gasteiger partial charge in [-0.15, -0.1) is 0 Å². The van der Waals surface area contributed by atoms with Gasteiger partial charge in [-0.1, -0.05) is 33.9 Å². The molecule has 0 aliphatic heterocycles. The average molecular weight is 520 g/mol. The van der Waals surface area contributed by atoms with E-state index in [2.05, 4.69) is 43.9 Å². The number of benzene rings is 1. The molecule has 4 rings (SSSR count). The van der Waals surface area contributed by atoms with Gasteiger partial charge in [-0.3, -0.25) is 4.98 Å². The van der Waals surface area contributed by atoms with Crippen LogP contribution in [0.25, 0.3) is 22.4 Å². The first-order valence-corrected chi connectivity index (χ1v) is 15.7. The second-order valence-electron chi connectivity index (χ2n) is 11.0. The minimum atomic E-state index is -1.35. The molecule has 0 fully saturated rings. The van der Waals surface area contributed by atoms with Gasteiger partial charge in [0.25, 0.3) is 0 Å². The van der Waals surface area contributed by atoms with Crippen LogP contribution in [0.5, 0.6) is 11.5 Å². The first kappa shape index (κ1) is 26.8. The molecule has 4 aromatic rings. The van der Waals surface area contributed by atoms with Crippen LogP contribution in [0.3, 0.4) is 0 Å². The molecule has 0 amide bonds. The van der Waals surface area contributed by atoms with Crippen molar-refractivity contribution in [3.05, 3.63) is 60.2 Å². The van der Waals surface area contributed by atoms with E-state index in [4.69, 9.17) is 24.2 Å². The minimum absolute atomic E-state index is 0.360. The predicted molar refractivity (Wildman–Crippen MR) is 149 cm³/mol. The SMILES string of the molecule is COc1cc(Cc2ccc3ncc(-c4cnn(COCC[Si](C)(C)C(C)(C)C)c4)nc3n2)cc(OC)c1. The average Bonchev–Trinajstić information content (AvgIpc) is 3.34. The van der Waals surface area contributed by atoms with Crippen molar-refractivity contribution in [1.82, 2.24) is 24.7 Å². The van der Waals surface area contributed by atoms with Gasteiger partial charge in [0.2, 0.25) is 0 Å². The van der Waals surface area contributed by atoms with Crippen LogP contribution >= 0.6 is 0 Å². The fourth-order valence-electron chi connectivity index (χ4n) is 3.78. The molecule has 0 saturated carbocycles. The van der Waals surface area contributed by atoms with Gasteiger partial charge >= 0.3 is 0 Å². The summed E-state index contributed by atoms with van der Waals surface area (Å²) in [5.74, 6) is 1.50. The number of aromatic nitrogens is 5. The van der Waals surface area contributed by atoms with E-state index in [0.717, 1.165) is 52.2 Å². The molecular formula is C28H37N5O3Si. The lowest BCUT2D eigenvalue weighted by molar-refractivity contribution is 0.0782. The zero-order chi connectivity index (χ0) is 26.6. The summed E-state index contributed by atoms with van der Waals surface area (Å²) >= 11 is 0. The molecule has 37 heavy (non-hydrogen) atoms. The molecular weight excluding hydrogens is 482 g/mol. The Morgan fingerprint density at radius 1 is 0.946 bits per heavy atom. The summed E-state index contributed by atoms with van der Waals surface area (Å²) in [7, 11) is 1.94. The minimum Gasteiger partial charge on any atom is -0.497 e. The highest BCUT2D eigenvalue weighted by molar-refractivity contribution is 6.80. The second-order valence-corrected chi connectivity index (χ2v) is 16.8. The van der Waals surface area contributed by atoms with Crippen molar-refractivity contribution in [2.24, 2.45) is 0 Å². The van der Waals surface area contributed by atoms with Gasteiger partial charge < -0.3 is 14.2 Å². The lowest BCUT2D eigenvalue weighted by atomic mass is 10.1. The molecule has 0 radical (unpaired) electrons. The summed E-state index contributed by atoms with van der Waals surface area (Å²) < 4.78 is 18.5. The van der Waals surface area contributed by atoms with Gasteiger partial charge in [-0.25, -0.2) is 14.6 Å². The summed E-state index contributed by atoms with van der Waals surface area (Å²) in [5.41, 5.74) is 4.89. The fourth-order valence-corrected chi connectivity index (χ4v) is 5.18. The van der Waals surface area contributed by atoms with Crippen molar-refractivity contribution in [2.75, 3.05) is 20.8 Å². The number of hydrogen-bond donors (Lipinski definition) is 0. The molecule has 9 heteroatoms. The number of fused-ring (bicyclic) bond motifs is 1. The molecule has 196 valence electrons. The molecule has 0 saturated heterocycles. The van der Waals surface area contributed by atoms with E-state index in [1.165, 1.54) is 0 Å². The second kappa shape index (κ2) is 11.0. The summed E-state index contributed by atoms with van der Waals surface area (Å²) in [5, 5.41) is 4.81. The predicted octanol–water partition coefficient (Wildman–Crippen LogP) is 5.98. The third-order valence-electron chi connectivity index (χ3n) is 7.32. The largest absolute Gasteiger partial charge is 0.497 e. The van der Waals surface area contributed by atoms with E-state index in [-0.39, 0.29) is 0 Å². The maximum atomic E-state index is 5.94. The molecule has 3 aromatic heterocycles. The number of hydrogen-bond acceptors (Lipinski definition) is 7. The molecule has 1 aromatic carbocycles. The van der Waals surface area contributed by atoms with E-state index in [1.807, 2.05) is 36.5 Å². The maximum Gasteiger partial charge on any atom is 0.179 e. The van der Waals surface area contributed by atoms with E-state index in [0.29, 0.717) is 23.8 Å². The molecule has 8 nitrogen and oxygen atoms in total. The smallest absolute Gasteiger partial charge is 0.179 e. The number of nitrogens with zero attached hydrogens (tertiary/aromatic N) is 5. The van der Waals surface area contributed by atoms with Gasteiger partial charge in [-0.2, -0.15) is 5.10 Å². The van der Waals surface area contributed by atoms with Crippen LogP contribution < -0.4 is 9.47 Å². The number of methoxy groups -OCH3 is 2. The van der Waals surface area contributed by atoms with E-state index >= 15 is 0 Å². The van der Waals surface area contributed by atoms with Crippen molar-refractivity contribution < 1.29 is 14.2 Å². The Morgan fingerprint density at radius 3 is 2.35 bits per heavy atom. The number of rotatable bonds is 10. The quantitative estimate of drug-likeness (QED) is 0.188. The molecule has 0 spiro atoms. The van der Waals surface area contributed by atoms with Crippen LogP contribution in [-0.2, 0) is 17.9 Å². The van der Waals surface area contributed by atoms with Crippen LogP contribution in [0.2, 0.25) is 24.2 Å². The molecule has 0 unspecified atom stereocenters. The third-order valence-corrected chi connectivity index (χ3v) is 12.8. The highest BCUT2D eigenvalue weighted by Crippen LogP contribution is 2.38. The normalized spacial score (nSPS) is 12.2. The lowest BCUT2D eigenvalue weighted by Gasteiger charge is -2.36. The van der Waals surface area contributed by atoms with Gasteiger partial charge in [0.05, 0.1) is 40.4 Å². The van der Waals surface area contributed by atoms with Crippen molar-refractivity contribution >= 4 is 19.2 Å². The molecule has 0 bridgehead atoms. The Kier molecular flexibility index (Phi) is 7.94. The van der Waals surface area contributed by atoms with Crippen LogP contribution in [0.15, 0.2) is 48.9 Å². The molecule has 0 atom stereocenters. The molecule has 0 aliphatic rings. The van der Waals surface area contributed by atoms with Gasteiger partial charge in [0.15, 0.2) is 5.65 Å². The Labute approximate surface area is 220 Å². The van der Waals surface area contributed by atoms with Crippen molar-refractivity contribution in [1.29, 1.82) is 0 Å². The van der Waals surface area contributed by atoms with E-state index < -0.39 is 8.07 Å². The Balaban J connectivity index is 1.45. The maximum absolute atomic E-state index is 5.94. The Hall–Kier alpha value is -3.30. The van der Waals surface area contributed by atoms with Gasteiger partial charge in [0.1, 0.15) is 23.7 Å². The lowest BCUT2D eigenvalue weighted by Crippen LogP contribution is -2.38. The van der Waals surface area contributed by atoms with Crippen LogP contribution in [0.4, 0.5) is 0 Å². The van der Waals surface area contributed by atoms with E-state index in [9.17, 15) is 0 Å². The topological polar surface area (TPSA) is 84.2 Å². The Bertz CT molecular complexity index is 1340. The highest BCUT2D eigenvalue weighted by Gasteiger charge is 2.34. The molecule has 3 heterocycles. The van der Waals surface area contributed by atoms with Crippen molar-refractivity contribution in [2.45, 2.75) is 58.1 Å². The molecule has 0 N–H and O–H groups in total. The number of ether oxygens (including phenoxy) is 3. The van der Waals surface area contributed by atoms with Gasteiger partial charge in [-0.05, 0) is 40.9 Å². The van der Waals surface area contributed by atoms with Crippen molar-refractivity contribution in [3.63, 3.8) is 0 Å². The zero-order valence-corrected chi connectivity index (χ0v) is 23.9. The first-order chi connectivity index (χ1) is 17.6. The zero-order valence-electron chi connectivity index (χ0n) is 22.9. The molecule has 0 aliphatic carbocycles. The van der Waals surface area contributed by atoms with Crippen molar-refractivity contribution in [3.8, 4) is 22.8 Å².